The average molecular weight is 425 g/mol. The van der Waals surface area contributed by atoms with E-state index in [2.05, 4.69) is 32.7 Å². The first-order valence-corrected chi connectivity index (χ1v) is 10.8. The Bertz CT molecular complexity index is 999. The third kappa shape index (κ3) is 4.74. The predicted molar refractivity (Wildman–Crippen MR) is 116 cm³/mol. The zero-order valence-electron chi connectivity index (χ0n) is 16.7. The molecule has 0 aliphatic carbocycles. The topological polar surface area (TPSA) is 92.2 Å². The van der Waals surface area contributed by atoms with Crippen LogP contribution in [-0.2, 0) is 0 Å². The summed E-state index contributed by atoms with van der Waals surface area (Å²) >= 11 is 1.20. The molecule has 1 fully saturated rings. The number of rotatable bonds is 7. The van der Waals surface area contributed by atoms with E-state index in [1.54, 1.807) is 35.3 Å². The zero-order valence-corrected chi connectivity index (χ0v) is 17.6. The van der Waals surface area contributed by atoms with E-state index in [9.17, 15) is 9.59 Å². The van der Waals surface area contributed by atoms with Crippen molar-refractivity contribution in [3.05, 3.63) is 58.8 Å². The van der Waals surface area contributed by atoms with Crippen molar-refractivity contribution in [2.75, 3.05) is 25.5 Å². The van der Waals surface area contributed by atoms with Crippen molar-refractivity contribution in [1.82, 2.24) is 25.0 Å². The number of nitrogens with one attached hydrogen (secondary N) is 2. The van der Waals surface area contributed by atoms with Crippen molar-refractivity contribution in [3.8, 4) is 5.69 Å². The van der Waals surface area contributed by atoms with Crippen LogP contribution in [0.5, 0.6) is 0 Å². The van der Waals surface area contributed by atoms with Gasteiger partial charge in [0.1, 0.15) is 12.7 Å². The van der Waals surface area contributed by atoms with Crippen molar-refractivity contribution < 1.29 is 9.59 Å². The lowest BCUT2D eigenvalue weighted by Gasteiger charge is -2.19. The maximum absolute atomic E-state index is 12.5. The summed E-state index contributed by atoms with van der Waals surface area (Å²) in [5.41, 5.74) is 1.52. The van der Waals surface area contributed by atoms with Crippen molar-refractivity contribution >= 4 is 28.8 Å². The van der Waals surface area contributed by atoms with Crippen molar-refractivity contribution in [2.24, 2.45) is 0 Å². The van der Waals surface area contributed by atoms with E-state index in [1.807, 2.05) is 12.1 Å². The SMILES string of the molecule is CN1CCCC1CCNC(=O)c1ccc(C(=O)Nc2ccc(-n3cncn3)cc2)s1. The van der Waals surface area contributed by atoms with Gasteiger partial charge < -0.3 is 15.5 Å². The van der Waals surface area contributed by atoms with Gasteiger partial charge in [-0.25, -0.2) is 9.67 Å². The molecule has 4 rings (SSSR count). The summed E-state index contributed by atoms with van der Waals surface area (Å²) in [6.45, 7) is 1.77. The van der Waals surface area contributed by atoms with Gasteiger partial charge in [0.25, 0.3) is 11.8 Å². The van der Waals surface area contributed by atoms with Gasteiger partial charge >= 0.3 is 0 Å². The number of aromatic nitrogens is 3. The van der Waals surface area contributed by atoms with Crippen LogP contribution < -0.4 is 10.6 Å². The molecule has 8 nitrogen and oxygen atoms in total. The number of carbonyl (C=O) groups excluding carboxylic acids is 2. The number of anilines is 1. The average Bonchev–Trinajstić information content (AvgIpc) is 3.51. The summed E-state index contributed by atoms with van der Waals surface area (Å²) < 4.78 is 1.64. The lowest BCUT2D eigenvalue weighted by Crippen LogP contribution is -2.31. The molecule has 1 saturated heterocycles. The summed E-state index contributed by atoms with van der Waals surface area (Å²) in [6, 6.07) is 11.2. The molecule has 0 radical (unpaired) electrons. The molecule has 3 aromatic rings. The van der Waals surface area contributed by atoms with Gasteiger partial charge in [-0.1, -0.05) is 0 Å². The Morgan fingerprint density at radius 2 is 1.90 bits per heavy atom. The zero-order chi connectivity index (χ0) is 20.9. The fourth-order valence-electron chi connectivity index (χ4n) is 3.60. The predicted octanol–water partition coefficient (Wildman–Crippen LogP) is 2.80. The molecular formula is C21H24N6O2S. The highest BCUT2D eigenvalue weighted by atomic mass is 32.1. The van der Waals surface area contributed by atoms with Crippen LogP contribution in [0.3, 0.4) is 0 Å². The van der Waals surface area contributed by atoms with Crippen LogP contribution in [0.1, 0.15) is 38.6 Å². The molecule has 1 unspecified atom stereocenters. The van der Waals surface area contributed by atoms with Crippen LogP contribution in [0.15, 0.2) is 49.1 Å². The molecule has 1 aliphatic heterocycles. The normalized spacial score (nSPS) is 16.5. The van der Waals surface area contributed by atoms with Crippen LogP contribution in [-0.4, -0.2) is 57.7 Å². The first-order chi connectivity index (χ1) is 14.6. The van der Waals surface area contributed by atoms with Gasteiger partial charge in [0.05, 0.1) is 15.4 Å². The van der Waals surface area contributed by atoms with Crippen molar-refractivity contribution in [1.29, 1.82) is 0 Å². The van der Waals surface area contributed by atoms with E-state index < -0.39 is 0 Å². The van der Waals surface area contributed by atoms with Crippen LogP contribution in [0, 0.1) is 0 Å². The lowest BCUT2D eigenvalue weighted by atomic mass is 10.1. The van der Waals surface area contributed by atoms with Crippen LogP contribution in [0.2, 0.25) is 0 Å². The molecule has 3 heterocycles. The largest absolute Gasteiger partial charge is 0.351 e. The van der Waals surface area contributed by atoms with Crippen LogP contribution in [0.25, 0.3) is 5.69 Å². The number of hydrogen-bond acceptors (Lipinski definition) is 6. The van der Waals surface area contributed by atoms with E-state index in [-0.39, 0.29) is 11.8 Å². The van der Waals surface area contributed by atoms with E-state index in [0.29, 0.717) is 28.0 Å². The number of carbonyl (C=O) groups is 2. The Hall–Kier alpha value is -3.04. The maximum Gasteiger partial charge on any atom is 0.265 e. The van der Waals surface area contributed by atoms with Gasteiger partial charge in [-0.3, -0.25) is 9.59 Å². The summed E-state index contributed by atoms with van der Waals surface area (Å²) in [6.07, 6.45) is 6.44. The van der Waals surface area contributed by atoms with Crippen molar-refractivity contribution in [3.63, 3.8) is 0 Å². The number of thiophene rings is 1. The fourth-order valence-corrected chi connectivity index (χ4v) is 4.41. The molecule has 30 heavy (non-hydrogen) atoms. The maximum atomic E-state index is 12.5. The molecule has 0 saturated carbocycles. The first-order valence-electron chi connectivity index (χ1n) is 9.95. The van der Waals surface area contributed by atoms with Gasteiger partial charge in [0, 0.05) is 18.3 Å². The number of likely N-dealkylation sites (tertiary alicyclic amines) is 1. The minimum absolute atomic E-state index is 0.128. The number of hydrogen-bond donors (Lipinski definition) is 2. The lowest BCUT2D eigenvalue weighted by molar-refractivity contribution is 0.0953. The van der Waals surface area contributed by atoms with Crippen LogP contribution in [0.4, 0.5) is 5.69 Å². The number of amides is 2. The molecule has 1 aromatic carbocycles. The molecule has 9 heteroatoms. The third-order valence-electron chi connectivity index (χ3n) is 5.30. The molecule has 0 bridgehead atoms. The second kappa shape index (κ2) is 9.19. The number of benzene rings is 1. The Balaban J connectivity index is 1.29. The van der Waals surface area contributed by atoms with E-state index in [1.165, 1.54) is 30.5 Å². The van der Waals surface area contributed by atoms with Gasteiger partial charge in [-0.15, -0.1) is 11.3 Å². The Morgan fingerprint density at radius 1 is 1.13 bits per heavy atom. The van der Waals surface area contributed by atoms with Crippen molar-refractivity contribution in [2.45, 2.75) is 25.3 Å². The fraction of sp³-hybridized carbons (Fsp3) is 0.333. The highest BCUT2D eigenvalue weighted by Gasteiger charge is 2.21. The van der Waals surface area contributed by atoms with E-state index in [0.717, 1.165) is 18.7 Å². The van der Waals surface area contributed by atoms with E-state index >= 15 is 0 Å². The van der Waals surface area contributed by atoms with Gasteiger partial charge in [-0.2, -0.15) is 5.10 Å². The molecule has 2 N–H and O–H groups in total. The summed E-state index contributed by atoms with van der Waals surface area (Å²) in [5.74, 6) is -0.364. The Labute approximate surface area is 178 Å². The van der Waals surface area contributed by atoms with E-state index in [4.69, 9.17) is 0 Å². The number of nitrogens with zero attached hydrogens (tertiary/aromatic N) is 4. The monoisotopic (exact) mass is 424 g/mol. The minimum atomic E-state index is -0.236. The molecule has 2 amide bonds. The third-order valence-corrected chi connectivity index (χ3v) is 6.38. The minimum Gasteiger partial charge on any atom is -0.351 e. The van der Waals surface area contributed by atoms with Crippen LogP contribution >= 0.6 is 11.3 Å². The Kier molecular flexibility index (Phi) is 6.20. The summed E-state index contributed by atoms with van der Waals surface area (Å²) in [4.78, 5) is 32.2. The quantitative estimate of drug-likeness (QED) is 0.609. The smallest absolute Gasteiger partial charge is 0.265 e. The Morgan fingerprint density at radius 3 is 2.57 bits per heavy atom. The second-order valence-electron chi connectivity index (χ2n) is 7.33. The molecule has 156 valence electrons. The highest BCUT2D eigenvalue weighted by Crippen LogP contribution is 2.20. The highest BCUT2D eigenvalue weighted by molar-refractivity contribution is 7.16. The van der Waals surface area contributed by atoms with Gasteiger partial charge in [0.15, 0.2) is 0 Å². The molecule has 1 aliphatic rings. The molecule has 1 atom stereocenters. The molecule has 2 aromatic heterocycles. The summed E-state index contributed by atoms with van der Waals surface area (Å²) in [7, 11) is 2.13. The summed E-state index contributed by atoms with van der Waals surface area (Å²) in [5, 5.41) is 9.90. The van der Waals surface area contributed by atoms with Gasteiger partial charge in [-0.05, 0) is 69.3 Å². The van der Waals surface area contributed by atoms with Gasteiger partial charge in [0.2, 0.25) is 0 Å². The molecule has 0 spiro atoms. The first kappa shape index (κ1) is 20.2. The standard InChI is InChI=1S/C21H24N6O2S/c1-26-12-2-3-16(26)10-11-23-20(28)18-8-9-19(30-18)21(29)25-15-4-6-17(7-5-15)27-14-22-13-24-27/h4-9,13-14,16H,2-3,10-12H2,1H3,(H,23,28)(H,25,29). The molecular weight excluding hydrogens is 400 g/mol. The second-order valence-corrected chi connectivity index (χ2v) is 8.41.